The molecule has 0 N–H and O–H groups in total. The first-order chi connectivity index (χ1) is 12.8. The number of aromatic nitrogens is 6. The van der Waals surface area contributed by atoms with E-state index in [9.17, 15) is 0 Å². The molecule has 0 aromatic carbocycles. The van der Waals surface area contributed by atoms with Crippen LogP contribution in [0.5, 0.6) is 0 Å². The smallest absolute Gasteiger partial charge is 0.244 e. The standard InChI is InChI=1S/C17H26N8S2/c1-8-24-14-11(18-19-15-20-21-16(27-15)26-9-2)12(17(5,6)7)22-25(14)13(23-24)10(3)4/h10H,8-9H2,1-7H3. The fraction of sp³-hybridized carbons (Fsp3) is 0.647. The van der Waals surface area contributed by atoms with Gasteiger partial charge in [-0.1, -0.05) is 64.6 Å². The van der Waals surface area contributed by atoms with Crippen molar-refractivity contribution in [3.63, 3.8) is 0 Å². The number of hydrogen-bond donors (Lipinski definition) is 0. The minimum absolute atomic E-state index is 0.169. The van der Waals surface area contributed by atoms with Crippen molar-refractivity contribution in [3.8, 4) is 0 Å². The van der Waals surface area contributed by atoms with Crippen molar-refractivity contribution in [2.75, 3.05) is 5.75 Å². The van der Waals surface area contributed by atoms with E-state index < -0.39 is 0 Å². The monoisotopic (exact) mass is 406 g/mol. The van der Waals surface area contributed by atoms with E-state index in [1.807, 2.05) is 9.20 Å². The summed E-state index contributed by atoms with van der Waals surface area (Å²) >= 11 is 3.10. The lowest BCUT2D eigenvalue weighted by atomic mass is 9.91. The van der Waals surface area contributed by atoms with E-state index in [1.165, 1.54) is 11.3 Å². The van der Waals surface area contributed by atoms with Gasteiger partial charge in [-0.15, -0.1) is 20.4 Å². The van der Waals surface area contributed by atoms with Gasteiger partial charge in [0.25, 0.3) is 5.13 Å². The van der Waals surface area contributed by atoms with Gasteiger partial charge in [-0.3, -0.25) is 0 Å². The summed E-state index contributed by atoms with van der Waals surface area (Å²) in [5.74, 6) is 2.14. The maximum absolute atomic E-state index is 4.86. The van der Waals surface area contributed by atoms with Crippen molar-refractivity contribution >= 4 is 39.6 Å². The molecule has 0 aliphatic carbocycles. The Hall–Kier alpha value is -1.81. The third-order valence-corrected chi connectivity index (χ3v) is 5.77. The van der Waals surface area contributed by atoms with E-state index >= 15 is 0 Å². The van der Waals surface area contributed by atoms with Crippen LogP contribution in [0.3, 0.4) is 0 Å². The Balaban J connectivity index is 2.15. The number of nitrogens with zero attached hydrogens (tertiary/aromatic N) is 8. The summed E-state index contributed by atoms with van der Waals surface area (Å²) in [6.07, 6.45) is 0. The van der Waals surface area contributed by atoms with Gasteiger partial charge in [0.05, 0.1) is 5.69 Å². The van der Waals surface area contributed by atoms with Gasteiger partial charge in [0.1, 0.15) is 0 Å². The second-order valence-corrected chi connectivity index (χ2v) is 9.96. The van der Waals surface area contributed by atoms with E-state index in [0.717, 1.165) is 39.5 Å². The van der Waals surface area contributed by atoms with Crippen LogP contribution in [0, 0.1) is 0 Å². The van der Waals surface area contributed by atoms with Crippen LogP contribution in [0.25, 0.3) is 5.65 Å². The Morgan fingerprint density at radius 3 is 2.44 bits per heavy atom. The number of rotatable bonds is 6. The molecule has 3 aromatic heterocycles. The fourth-order valence-electron chi connectivity index (χ4n) is 2.70. The zero-order chi connectivity index (χ0) is 19.8. The molecule has 0 atom stereocenters. The van der Waals surface area contributed by atoms with Gasteiger partial charge in [0.15, 0.2) is 21.5 Å². The molecule has 0 aliphatic rings. The van der Waals surface area contributed by atoms with Gasteiger partial charge in [0, 0.05) is 17.9 Å². The van der Waals surface area contributed by atoms with Crippen LogP contribution in [-0.4, -0.2) is 35.3 Å². The molecule has 0 amide bonds. The quantitative estimate of drug-likeness (QED) is 0.407. The number of aryl methyl sites for hydroxylation is 1. The topological polar surface area (TPSA) is 85.6 Å². The lowest BCUT2D eigenvalue weighted by Gasteiger charge is -2.15. The van der Waals surface area contributed by atoms with Crippen molar-refractivity contribution < 1.29 is 0 Å². The molecule has 0 spiro atoms. The van der Waals surface area contributed by atoms with Crippen LogP contribution in [-0.2, 0) is 12.0 Å². The van der Waals surface area contributed by atoms with Gasteiger partial charge in [-0.05, 0) is 12.7 Å². The van der Waals surface area contributed by atoms with Crippen LogP contribution in [0.4, 0.5) is 10.8 Å². The fourth-order valence-corrected chi connectivity index (χ4v) is 4.26. The first kappa shape index (κ1) is 19.9. The summed E-state index contributed by atoms with van der Waals surface area (Å²) in [6.45, 7) is 15.5. The average molecular weight is 407 g/mol. The number of thioether (sulfide) groups is 1. The van der Waals surface area contributed by atoms with E-state index in [2.05, 4.69) is 68.9 Å². The molecule has 3 heterocycles. The Morgan fingerprint density at radius 1 is 1.11 bits per heavy atom. The van der Waals surface area contributed by atoms with E-state index in [1.54, 1.807) is 11.8 Å². The van der Waals surface area contributed by atoms with Crippen LogP contribution in [0.1, 0.15) is 65.9 Å². The second kappa shape index (κ2) is 7.67. The molecule has 0 bridgehead atoms. The van der Waals surface area contributed by atoms with Crippen molar-refractivity contribution in [1.82, 2.24) is 29.6 Å². The van der Waals surface area contributed by atoms with E-state index in [0.29, 0.717) is 5.13 Å². The molecule has 3 rings (SSSR count). The Morgan fingerprint density at radius 2 is 1.85 bits per heavy atom. The highest BCUT2D eigenvalue weighted by Gasteiger charge is 2.29. The minimum atomic E-state index is -0.169. The number of fused-ring (bicyclic) bond motifs is 1. The van der Waals surface area contributed by atoms with E-state index in [4.69, 9.17) is 10.2 Å². The van der Waals surface area contributed by atoms with Gasteiger partial charge >= 0.3 is 0 Å². The summed E-state index contributed by atoms with van der Waals surface area (Å²) in [5, 5.41) is 27.3. The molecule has 0 aliphatic heterocycles. The highest BCUT2D eigenvalue weighted by molar-refractivity contribution is 8.01. The van der Waals surface area contributed by atoms with Crippen molar-refractivity contribution in [2.45, 2.75) is 70.7 Å². The highest BCUT2D eigenvalue weighted by atomic mass is 32.2. The SMILES string of the molecule is CCSc1nnc(N=Nc2c(C(C)(C)C)nn3c(C(C)C)nn(CC)c23)s1. The molecule has 0 radical (unpaired) electrons. The van der Waals surface area contributed by atoms with Crippen molar-refractivity contribution in [1.29, 1.82) is 0 Å². The maximum atomic E-state index is 4.86. The molecule has 0 unspecified atom stereocenters. The molecule has 8 nitrogen and oxygen atoms in total. The molecule has 146 valence electrons. The maximum Gasteiger partial charge on any atom is 0.252 e. The summed E-state index contributed by atoms with van der Waals surface area (Å²) < 4.78 is 4.77. The molecule has 0 saturated carbocycles. The first-order valence-electron chi connectivity index (χ1n) is 9.14. The van der Waals surface area contributed by atoms with Crippen molar-refractivity contribution in [3.05, 3.63) is 11.5 Å². The molecular weight excluding hydrogens is 380 g/mol. The minimum Gasteiger partial charge on any atom is -0.244 e. The molecule has 0 saturated heterocycles. The second-order valence-electron chi connectivity index (χ2n) is 7.49. The average Bonchev–Trinajstić information content (AvgIpc) is 3.26. The van der Waals surface area contributed by atoms with Crippen LogP contribution >= 0.6 is 23.1 Å². The zero-order valence-corrected chi connectivity index (χ0v) is 18.5. The largest absolute Gasteiger partial charge is 0.252 e. The predicted molar refractivity (Wildman–Crippen MR) is 110 cm³/mol. The lowest BCUT2D eigenvalue weighted by Crippen LogP contribution is -2.13. The third-order valence-electron chi connectivity index (χ3n) is 3.95. The Kier molecular flexibility index (Phi) is 5.66. The summed E-state index contributed by atoms with van der Waals surface area (Å²) in [5.41, 5.74) is 2.36. The normalized spacial score (nSPS) is 12.9. The van der Waals surface area contributed by atoms with Gasteiger partial charge in [0.2, 0.25) is 0 Å². The van der Waals surface area contributed by atoms with Gasteiger partial charge in [-0.25, -0.2) is 4.68 Å². The lowest BCUT2D eigenvalue weighted by molar-refractivity contribution is 0.557. The summed E-state index contributed by atoms with van der Waals surface area (Å²) in [6, 6.07) is 0. The molecule has 10 heteroatoms. The zero-order valence-electron chi connectivity index (χ0n) is 16.9. The van der Waals surface area contributed by atoms with Crippen LogP contribution in [0.2, 0.25) is 0 Å². The predicted octanol–water partition coefficient (Wildman–Crippen LogP) is 5.35. The summed E-state index contributed by atoms with van der Waals surface area (Å²) in [4.78, 5) is 0. The molecule has 3 aromatic rings. The first-order valence-corrected chi connectivity index (χ1v) is 10.9. The molecule has 0 fully saturated rings. The Labute approximate surface area is 167 Å². The number of azo groups is 1. The third kappa shape index (κ3) is 3.91. The summed E-state index contributed by atoms with van der Waals surface area (Å²) in [7, 11) is 0. The van der Waals surface area contributed by atoms with Gasteiger partial charge < -0.3 is 0 Å². The molecular formula is C17H26N8S2. The van der Waals surface area contributed by atoms with Crippen molar-refractivity contribution in [2.24, 2.45) is 10.2 Å². The number of hydrogen-bond acceptors (Lipinski definition) is 8. The van der Waals surface area contributed by atoms with Gasteiger partial charge in [-0.2, -0.15) is 14.7 Å². The van der Waals surface area contributed by atoms with Crippen LogP contribution in [0.15, 0.2) is 14.6 Å². The molecule has 27 heavy (non-hydrogen) atoms. The Bertz CT molecular complexity index is 958. The van der Waals surface area contributed by atoms with Crippen LogP contribution < -0.4 is 0 Å². The van der Waals surface area contributed by atoms with E-state index in [-0.39, 0.29) is 11.3 Å². The highest BCUT2D eigenvalue weighted by Crippen LogP contribution is 2.37.